The van der Waals surface area contributed by atoms with Crippen molar-refractivity contribution in [2.24, 2.45) is 0 Å². The third kappa shape index (κ3) is 4.34. The van der Waals surface area contributed by atoms with Gasteiger partial charge in [0.15, 0.2) is 0 Å². The highest BCUT2D eigenvalue weighted by molar-refractivity contribution is 6.18. The molecule has 2 heterocycles. The van der Waals surface area contributed by atoms with E-state index in [1.165, 1.54) is 0 Å². The number of amides is 2. The van der Waals surface area contributed by atoms with Crippen LogP contribution in [0.15, 0.2) is 51.7 Å². The standard InChI is InChI=1S/C22H21ClN4O4/c1-2-11-30-16-8-7-13(25-22(29)24-10-9-23)12-15(16)20-26-18-14-5-3-4-6-17(14)31-19(18)21(28)27-20/h3-8,12H,2,9-11H2,1H3,(H2,24,25,29)(H,26,27,28). The number of rotatable bonds is 7. The van der Waals surface area contributed by atoms with Crippen molar-refractivity contribution in [1.29, 1.82) is 0 Å². The van der Waals surface area contributed by atoms with Crippen molar-refractivity contribution in [3.63, 3.8) is 0 Å². The van der Waals surface area contributed by atoms with E-state index in [0.29, 0.717) is 53.0 Å². The van der Waals surface area contributed by atoms with Gasteiger partial charge in [-0.15, -0.1) is 11.6 Å². The number of para-hydroxylation sites is 1. The Morgan fingerprint density at radius 1 is 1.26 bits per heavy atom. The first-order valence-electron chi connectivity index (χ1n) is 9.90. The number of aromatic nitrogens is 2. The van der Waals surface area contributed by atoms with Gasteiger partial charge in [0, 0.05) is 23.5 Å². The Hall–Kier alpha value is -3.52. The highest BCUT2D eigenvalue weighted by Crippen LogP contribution is 2.32. The van der Waals surface area contributed by atoms with Crippen LogP contribution in [0.5, 0.6) is 5.75 Å². The maximum absolute atomic E-state index is 12.7. The summed E-state index contributed by atoms with van der Waals surface area (Å²) in [6.45, 7) is 2.84. The summed E-state index contributed by atoms with van der Waals surface area (Å²) in [5.74, 6) is 1.18. The minimum absolute atomic E-state index is 0.163. The van der Waals surface area contributed by atoms with E-state index in [1.807, 2.05) is 25.1 Å². The third-order valence-corrected chi connectivity index (χ3v) is 4.75. The van der Waals surface area contributed by atoms with Gasteiger partial charge in [-0.3, -0.25) is 4.79 Å². The fourth-order valence-electron chi connectivity index (χ4n) is 3.20. The molecule has 2 aromatic heterocycles. The second-order valence-corrected chi connectivity index (χ2v) is 7.20. The number of carbonyl (C=O) groups is 1. The monoisotopic (exact) mass is 440 g/mol. The number of benzene rings is 2. The minimum Gasteiger partial charge on any atom is -0.493 e. The molecule has 0 bridgehead atoms. The molecule has 0 aliphatic rings. The van der Waals surface area contributed by atoms with Crippen LogP contribution in [-0.4, -0.2) is 35.0 Å². The fraction of sp³-hybridized carbons (Fsp3) is 0.227. The highest BCUT2D eigenvalue weighted by atomic mass is 35.5. The van der Waals surface area contributed by atoms with E-state index in [2.05, 4.69) is 20.6 Å². The van der Waals surface area contributed by atoms with Gasteiger partial charge in [-0.05, 0) is 36.8 Å². The number of nitrogens with one attached hydrogen (secondary N) is 3. The fourth-order valence-corrected chi connectivity index (χ4v) is 3.29. The molecular weight excluding hydrogens is 420 g/mol. The van der Waals surface area contributed by atoms with Crippen molar-refractivity contribution >= 4 is 45.4 Å². The molecule has 160 valence electrons. The molecule has 0 saturated carbocycles. The largest absolute Gasteiger partial charge is 0.493 e. The average Bonchev–Trinajstić information content (AvgIpc) is 3.16. The molecule has 9 heteroatoms. The molecular formula is C22H21ClN4O4. The average molecular weight is 441 g/mol. The minimum atomic E-state index is -0.393. The van der Waals surface area contributed by atoms with Crippen LogP contribution in [0.3, 0.4) is 0 Å². The van der Waals surface area contributed by atoms with Crippen molar-refractivity contribution < 1.29 is 13.9 Å². The number of halogens is 1. The summed E-state index contributed by atoms with van der Waals surface area (Å²) in [7, 11) is 0. The number of ether oxygens (including phenoxy) is 1. The number of aromatic amines is 1. The van der Waals surface area contributed by atoms with E-state index in [4.69, 9.17) is 20.8 Å². The molecule has 4 aromatic rings. The van der Waals surface area contributed by atoms with Gasteiger partial charge in [0.1, 0.15) is 22.7 Å². The second kappa shape index (κ2) is 9.09. The number of hydrogen-bond acceptors (Lipinski definition) is 5. The number of urea groups is 1. The van der Waals surface area contributed by atoms with E-state index < -0.39 is 5.56 Å². The Morgan fingerprint density at radius 2 is 2.10 bits per heavy atom. The highest BCUT2D eigenvalue weighted by Gasteiger charge is 2.17. The first kappa shape index (κ1) is 20.7. The van der Waals surface area contributed by atoms with Crippen LogP contribution in [0, 0.1) is 0 Å². The molecule has 2 aromatic carbocycles. The molecule has 0 saturated heterocycles. The van der Waals surface area contributed by atoms with Gasteiger partial charge in [0.25, 0.3) is 5.56 Å². The number of anilines is 1. The lowest BCUT2D eigenvalue weighted by molar-refractivity contribution is 0.252. The summed E-state index contributed by atoms with van der Waals surface area (Å²) in [6.07, 6.45) is 0.815. The number of carbonyl (C=O) groups excluding carboxylic acids is 1. The Morgan fingerprint density at radius 3 is 2.90 bits per heavy atom. The van der Waals surface area contributed by atoms with E-state index in [9.17, 15) is 9.59 Å². The van der Waals surface area contributed by atoms with Crippen LogP contribution in [0.2, 0.25) is 0 Å². The molecule has 4 rings (SSSR count). The topological polar surface area (TPSA) is 109 Å². The molecule has 0 spiro atoms. The summed E-state index contributed by atoms with van der Waals surface area (Å²) in [6, 6.07) is 12.1. The van der Waals surface area contributed by atoms with Crippen molar-refractivity contribution in [3.05, 3.63) is 52.8 Å². The molecule has 3 N–H and O–H groups in total. The van der Waals surface area contributed by atoms with E-state index in [-0.39, 0.29) is 11.6 Å². The smallest absolute Gasteiger partial charge is 0.319 e. The predicted molar refractivity (Wildman–Crippen MR) is 121 cm³/mol. The number of hydrogen-bond donors (Lipinski definition) is 3. The Labute approximate surface area is 182 Å². The van der Waals surface area contributed by atoms with Crippen molar-refractivity contribution in [2.45, 2.75) is 13.3 Å². The van der Waals surface area contributed by atoms with Crippen molar-refractivity contribution in [2.75, 3.05) is 24.3 Å². The number of furan rings is 1. The molecule has 31 heavy (non-hydrogen) atoms. The number of nitrogens with zero attached hydrogens (tertiary/aromatic N) is 1. The Bertz CT molecular complexity index is 1300. The van der Waals surface area contributed by atoms with E-state index in [0.717, 1.165) is 11.8 Å². The molecule has 0 unspecified atom stereocenters. The number of alkyl halides is 1. The second-order valence-electron chi connectivity index (χ2n) is 6.82. The molecule has 0 radical (unpaired) electrons. The van der Waals surface area contributed by atoms with Gasteiger partial charge in [-0.2, -0.15) is 0 Å². The van der Waals surface area contributed by atoms with Crippen LogP contribution < -0.4 is 20.9 Å². The Kier molecular flexibility index (Phi) is 6.08. The van der Waals surface area contributed by atoms with Crippen molar-refractivity contribution in [1.82, 2.24) is 15.3 Å². The molecule has 0 aliphatic carbocycles. The molecule has 2 amide bonds. The molecule has 0 aliphatic heterocycles. The van der Waals surface area contributed by atoms with Crippen LogP contribution in [-0.2, 0) is 0 Å². The zero-order valence-electron chi connectivity index (χ0n) is 16.8. The lowest BCUT2D eigenvalue weighted by atomic mass is 10.1. The SMILES string of the molecule is CCCOc1ccc(NC(=O)NCCCl)cc1-c1nc2c(oc3ccccc32)c(=O)[nH]1. The van der Waals surface area contributed by atoms with Gasteiger partial charge in [-0.25, -0.2) is 9.78 Å². The summed E-state index contributed by atoms with van der Waals surface area (Å²) < 4.78 is 11.5. The number of fused-ring (bicyclic) bond motifs is 3. The molecule has 0 atom stereocenters. The lowest BCUT2D eigenvalue weighted by Crippen LogP contribution is -2.30. The predicted octanol–water partition coefficient (Wildman–Crippen LogP) is 4.49. The van der Waals surface area contributed by atoms with Gasteiger partial charge >= 0.3 is 6.03 Å². The zero-order valence-corrected chi connectivity index (χ0v) is 17.6. The van der Waals surface area contributed by atoms with E-state index >= 15 is 0 Å². The van der Waals surface area contributed by atoms with Gasteiger partial charge in [0.05, 0.1) is 12.2 Å². The Balaban J connectivity index is 1.81. The lowest BCUT2D eigenvalue weighted by Gasteiger charge is -2.13. The van der Waals surface area contributed by atoms with Gasteiger partial charge in [-0.1, -0.05) is 19.1 Å². The summed E-state index contributed by atoms with van der Waals surface area (Å²) in [5, 5.41) is 6.13. The summed E-state index contributed by atoms with van der Waals surface area (Å²) in [5.41, 5.74) is 1.89. The number of H-pyrrole nitrogens is 1. The molecule has 8 nitrogen and oxygen atoms in total. The normalized spacial score (nSPS) is 11.0. The first-order valence-corrected chi connectivity index (χ1v) is 10.4. The van der Waals surface area contributed by atoms with Crippen LogP contribution in [0.4, 0.5) is 10.5 Å². The maximum Gasteiger partial charge on any atom is 0.319 e. The quantitative estimate of drug-likeness (QED) is 0.367. The van der Waals surface area contributed by atoms with Crippen LogP contribution in [0.1, 0.15) is 13.3 Å². The van der Waals surface area contributed by atoms with Gasteiger partial charge in [0.2, 0.25) is 5.58 Å². The molecule has 0 fully saturated rings. The first-order chi connectivity index (χ1) is 15.1. The van der Waals surface area contributed by atoms with Crippen LogP contribution >= 0.6 is 11.6 Å². The third-order valence-electron chi connectivity index (χ3n) is 4.57. The summed E-state index contributed by atoms with van der Waals surface area (Å²) in [4.78, 5) is 32.2. The summed E-state index contributed by atoms with van der Waals surface area (Å²) >= 11 is 5.61. The van der Waals surface area contributed by atoms with Crippen molar-refractivity contribution in [3.8, 4) is 17.1 Å². The van der Waals surface area contributed by atoms with Crippen LogP contribution in [0.25, 0.3) is 33.5 Å². The van der Waals surface area contributed by atoms with Gasteiger partial charge < -0.3 is 24.8 Å². The van der Waals surface area contributed by atoms with E-state index in [1.54, 1.807) is 24.3 Å². The maximum atomic E-state index is 12.7. The zero-order chi connectivity index (χ0) is 21.8.